The van der Waals surface area contributed by atoms with E-state index in [4.69, 9.17) is 4.98 Å². The van der Waals surface area contributed by atoms with Crippen molar-refractivity contribution in [1.82, 2.24) is 9.38 Å². The monoisotopic (exact) mass is 502 g/mol. The van der Waals surface area contributed by atoms with Gasteiger partial charge in [-0.1, -0.05) is 103 Å². The Bertz CT molecular complexity index is 2120. The van der Waals surface area contributed by atoms with Crippen molar-refractivity contribution in [2.75, 3.05) is 0 Å². The van der Waals surface area contributed by atoms with Crippen molar-refractivity contribution in [2.45, 2.75) is 0 Å². The second-order valence-electron chi connectivity index (χ2n) is 9.64. The summed E-state index contributed by atoms with van der Waals surface area (Å²) in [6, 6.07) is 47.7. The maximum atomic E-state index is 5.14. The maximum Gasteiger partial charge on any atom is 0.146 e. The summed E-state index contributed by atoms with van der Waals surface area (Å²) in [5.74, 6) is 0. The van der Waals surface area contributed by atoms with Gasteiger partial charge in [-0.15, -0.1) is 11.3 Å². The van der Waals surface area contributed by atoms with Gasteiger partial charge in [0.25, 0.3) is 0 Å². The van der Waals surface area contributed by atoms with Crippen LogP contribution < -0.4 is 0 Å². The molecule has 3 aromatic heterocycles. The molecule has 2 nitrogen and oxygen atoms in total. The number of pyridine rings is 1. The largest absolute Gasteiger partial charge is 0.292 e. The molecule has 0 aliphatic carbocycles. The van der Waals surface area contributed by atoms with Gasteiger partial charge in [0.15, 0.2) is 0 Å². The number of hydrogen-bond acceptors (Lipinski definition) is 2. The highest BCUT2D eigenvalue weighted by molar-refractivity contribution is 7.18. The maximum absolute atomic E-state index is 5.14. The number of fused-ring (bicyclic) bond motifs is 8. The predicted molar refractivity (Wildman–Crippen MR) is 162 cm³/mol. The molecule has 0 spiro atoms. The quantitative estimate of drug-likeness (QED) is 0.220. The van der Waals surface area contributed by atoms with Gasteiger partial charge in [0.2, 0.25) is 0 Å². The zero-order chi connectivity index (χ0) is 25.1. The Morgan fingerprint density at radius 2 is 1.05 bits per heavy atom. The first-order chi connectivity index (χ1) is 18.8. The topological polar surface area (TPSA) is 17.3 Å². The van der Waals surface area contributed by atoms with Gasteiger partial charge in [0, 0.05) is 20.5 Å². The second-order valence-corrected chi connectivity index (χ2v) is 10.7. The normalized spacial score (nSPS) is 11.7. The number of thiophene rings is 1. The second kappa shape index (κ2) is 8.41. The van der Waals surface area contributed by atoms with Crippen molar-refractivity contribution in [2.24, 2.45) is 0 Å². The van der Waals surface area contributed by atoms with Gasteiger partial charge in [-0.25, -0.2) is 4.98 Å². The van der Waals surface area contributed by atoms with Crippen LogP contribution in [0.25, 0.3) is 70.4 Å². The van der Waals surface area contributed by atoms with Gasteiger partial charge < -0.3 is 0 Å². The van der Waals surface area contributed by atoms with Crippen LogP contribution in [0, 0.1) is 0 Å². The molecule has 0 saturated heterocycles. The van der Waals surface area contributed by atoms with Crippen LogP contribution in [0.4, 0.5) is 0 Å². The summed E-state index contributed by atoms with van der Waals surface area (Å²) >= 11 is 1.83. The van der Waals surface area contributed by atoms with Gasteiger partial charge in [-0.05, 0) is 58.0 Å². The third kappa shape index (κ3) is 3.29. The molecule has 178 valence electrons. The van der Waals surface area contributed by atoms with Crippen molar-refractivity contribution >= 4 is 49.7 Å². The summed E-state index contributed by atoms with van der Waals surface area (Å²) in [5, 5.41) is 3.67. The summed E-state index contributed by atoms with van der Waals surface area (Å²) in [7, 11) is 0. The lowest BCUT2D eigenvalue weighted by molar-refractivity contribution is 1.31. The fraction of sp³-hybridized carbons (Fsp3) is 0. The fourth-order valence-corrected chi connectivity index (χ4v) is 6.59. The highest BCUT2D eigenvalue weighted by Crippen LogP contribution is 2.36. The molecule has 0 fully saturated rings. The molecule has 0 N–H and O–H groups in total. The molecular formula is C35H22N2S. The van der Waals surface area contributed by atoms with Crippen LogP contribution in [0.1, 0.15) is 0 Å². The number of benzene rings is 5. The van der Waals surface area contributed by atoms with E-state index in [9.17, 15) is 0 Å². The van der Waals surface area contributed by atoms with Crippen molar-refractivity contribution in [3.05, 3.63) is 133 Å². The van der Waals surface area contributed by atoms with E-state index < -0.39 is 0 Å². The third-order valence-electron chi connectivity index (χ3n) is 7.42. The van der Waals surface area contributed by atoms with E-state index in [1.807, 2.05) is 11.3 Å². The summed E-state index contributed by atoms with van der Waals surface area (Å²) in [5.41, 5.74) is 9.22. The zero-order valence-electron chi connectivity index (χ0n) is 20.5. The molecule has 8 rings (SSSR count). The molecular weight excluding hydrogens is 480 g/mol. The van der Waals surface area contributed by atoms with E-state index in [-0.39, 0.29) is 0 Å². The van der Waals surface area contributed by atoms with Crippen LogP contribution in [0.5, 0.6) is 0 Å². The van der Waals surface area contributed by atoms with E-state index in [2.05, 4.69) is 138 Å². The lowest BCUT2D eigenvalue weighted by Crippen LogP contribution is -1.90. The zero-order valence-corrected chi connectivity index (χ0v) is 21.3. The van der Waals surface area contributed by atoms with Crippen molar-refractivity contribution in [3.8, 4) is 32.0 Å². The molecule has 3 heteroatoms. The Kier molecular flexibility index (Phi) is 4.73. The van der Waals surface area contributed by atoms with Gasteiger partial charge >= 0.3 is 0 Å². The molecule has 3 heterocycles. The Balaban J connectivity index is 1.22. The van der Waals surface area contributed by atoms with Gasteiger partial charge in [0.05, 0.1) is 16.6 Å². The molecule has 38 heavy (non-hydrogen) atoms. The van der Waals surface area contributed by atoms with Crippen LogP contribution >= 0.6 is 11.3 Å². The Labute approximate surface area is 224 Å². The molecule has 0 saturated carbocycles. The first kappa shape index (κ1) is 21.4. The molecule has 0 atom stereocenters. The first-order valence-corrected chi connectivity index (χ1v) is 13.6. The Hall–Kier alpha value is -4.73. The van der Waals surface area contributed by atoms with E-state index in [1.165, 1.54) is 53.7 Å². The van der Waals surface area contributed by atoms with Gasteiger partial charge in [-0.2, -0.15) is 0 Å². The standard InChI is InChI=1S/C35H22N2S/c1-2-8-24(9-3-1)33-20-21-34(38-33)25-16-14-23(15-17-25)26-18-19-32-30(22-26)36-35-29-12-5-4-10-27(29)28-11-6-7-13-31(28)37(32)35/h1-22H. The van der Waals surface area contributed by atoms with Crippen molar-refractivity contribution in [3.63, 3.8) is 0 Å². The lowest BCUT2D eigenvalue weighted by Gasteiger charge is -2.08. The molecule has 5 aromatic carbocycles. The van der Waals surface area contributed by atoms with E-state index in [1.54, 1.807) is 0 Å². The lowest BCUT2D eigenvalue weighted by atomic mass is 10.0. The molecule has 8 aromatic rings. The van der Waals surface area contributed by atoms with E-state index in [0.717, 1.165) is 16.7 Å². The van der Waals surface area contributed by atoms with Crippen molar-refractivity contribution < 1.29 is 0 Å². The Morgan fingerprint density at radius 3 is 1.84 bits per heavy atom. The van der Waals surface area contributed by atoms with Crippen LogP contribution in [-0.4, -0.2) is 9.38 Å². The summed E-state index contributed by atoms with van der Waals surface area (Å²) in [6.07, 6.45) is 0. The van der Waals surface area contributed by atoms with E-state index >= 15 is 0 Å². The minimum Gasteiger partial charge on any atom is -0.292 e. The van der Waals surface area contributed by atoms with Crippen LogP contribution in [-0.2, 0) is 0 Å². The SMILES string of the molecule is c1ccc(-c2ccc(-c3ccc(-c4ccc5c(c4)nc4c6ccccc6c6ccccc6n54)cc3)s2)cc1. The molecule has 0 unspecified atom stereocenters. The summed E-state index contributed by atoms with van der Waals surface area (Å²) < 4.78 is 2.31. The fourth-order valence-electron chi connectivity index (χ4n) is 5.57. The number of para-hydroxylation sites is 1. The number of hydrogen-bond donors (Lipinski definition) is 0. The average Bonchev–Trinajstić information content (AvgIpc) is 3.64. The number of aromatic nitrogens is 2. The minimum absolute atomic E-state index is 1.01. The molecule has 0 aliphatic rings. The number of imidazole rings is 1. The van der Waals surface area contributed by atoms with Crippen LogP contribution in [0.2, 0.25) is 0 Å². The minimum atomic E-state index is 1.01. The average molecular weight is 503 g/mol. The predicted octanol–water partition coefficient (Wildman–Crippen LogP) is 9.86. The summed E-state index contributed by atoms with van der Waals surface area (Å²) in [6.45, 7) is 0. The Morgan fingerprint density at radius 1 is 0.447 bits per heavy atom. The number of nitrogens with zero attached hydrogens (tertiary/aromatic N) is 2. The molecule has 0 bridgehead atoms. The molecule has 0 radical (unpaired) electrons. The summed E-state index contributed by atoms with van der Waals surface area (Å²) in [4.78, 5) is 7.72. The van der Waals surface area contributed by atoms with E-state index in [0.29, 0.717) is 0 Å². The van der Waals surface area contributed by atoms with Gasteiger partial charge in [-0.3, -0.25) is 4.40 Å². The highest BCUT2D eigenvalue weighted by Gasteiger charge is 2.14. The molecule has 0 aliphatic heterocycles. The van der Waals surface area contributed by atoms with Crippen molar-refractivity contribution in [1.29, 1.82) is 0 Å². The smallest absolute Gasteiger partial charge is 0.146 e. The third-order valence-corrected chi connectivity index (χ3v) is 8.61. The van der Waals surface area contributed by atoms with Crippen LogP contribution in [0.3, 0.4) is 0 Å². The van der Waals surface area contributed by atoms with Gasteiger partial charge in [0.1, 0.15) is 5.65 Å². The first-order valence-electron chi connectivity index (χ1n) is 12.8. The molecule has 0 amide bonds. The number of rotatable bonds is 3. The van der Waals surface area contributed by atoms with Crippen LogP contribution in [0.15, 0.2) is 133 Å². The highest BCUT2D eigenvalue weighted by atomic mass is 32.1.